The number of nitrogens with zero attached hydrogens (tertiary/aromatic N) is 3. The number of benzene rings is 1. The molecular weight excluding hydrogens is 473 g/mol. The van der Waals surface area contributed by atoms with Gasteiger partial charge in [0.1, 0.15) is 17.2 Å². The van der Waals surface area contributed by atoms with Crippen LogP contribution in [0.1, 0.15) is 16.6 Å². The predicted molar refractivity (Wildman–Crippen MR) is 128 cm³/mol. The smallest absolute Gasteiger partial charge is 0.261 e. The van der Waals surface area contributed by atoms with Gasteiger partial charge in [-0.2, -0.15) is 0 Å². The first-order valence-electron chi connectivity index (χ1n) is 10.2. The maximum Gasteiger partial charge on any atom is 0.261 e. The van der Waals surface area contributed by atoms with Crippen molar-refractivity contribution < 1.29 is 14.3 Å². The number of nitrogen functional groups attached to an aromatic ring is 1. The van der Waals surface area contributed by atoms with Crippen molar-refractivity contribution in [3.8, 4) is 17.0 Å². The lowest BCUT2D eigenvalue weighted by Gasteiger charge is -2.26. The van der Waals surface area contributed by atoms with E-state index in [-0.39, 0.29) is 11.9 Å². The van der Waals surface area contributed by atoms with E-state index in [1.807, 2.05) is 6.92 Å². The Morgan fingerprint density at radius 2 is 2.03 bits per heavy atom. The second-order valence-corrected chi connectivity index (χ2v) is 9.03. The minimum Gasteiger partial charge on any atom is -0.491 e. The van der Waals surface area contributed by atoms with Crippen LogP contribution in [0.3, 0.4) is 0 Å². The van der Waals surface area contributed by atoms with Crippen molar-refractivity contribution in [2.24, 2.45) is 0 Å². The number of amides is 1. The summed E-state index contributed by atoms with van der Waals surface area (Å²) in [4.78, 5) is 24.4. The molecule has 3 heterocycles. The first kappa shape index (κ1) is 23.0. The number of rotatable bonds is 7. The van der Waals surface area contributed by atoms with E-state index < -0.39 is 0 Å². The topological polar surface area (TPSA) is 103 Å². The van der Waals surface area contributed by atoms with Crippen molar-refractivity contribution in [1.29, 1.82) is 0 Å². The van der Waals surface area contributed by atoms with Gasteiger partial charge in [0.15, 0.2) is 0 Å². The van der Waals surface area contributed by atoms with E-state index in [1.54, 1.807) is 18.2 Å². The minimum atomic E-state index is -0.172. The number of aromatic nitrogens is 2. The molecule has 170 valence electrons. The maximum atomic E-state index is 12.3. The van der Waals surface area contributed by atoms with Gasteiger partial charge >= 0.3 is 0 Å². The second-order valence-electron chi connectivity index (χ2n) is 7.18. The van der Waals surface area contributed by atoms with Crippen molar-refractivity contribution in [2.45, 2.75) is 6.92 Å². The summed E-state index contributed by atoms with van der Waals surface area (Å²) in [6.45, 7) is 6.86. The number of carbonyl (C=O) groups is 1. The Hall–Kier alpha value is -2.17. The molecule has 0 saturated carbocycles. The maximum absolute atomic E-state index is 12.3. The molecule has 1 saturated heterocycles. The predicted octanol–water partition coefficient (Wildman–Crippen LogP) is 3.71. The molecule has 0 bridgehead atoms. The highest BCUT2D eigenvalue weighted by molar-refractivity contribution is 7.20. The number of halogens is 2. The third kappa shape index (κ3) is 5.07. The van der Waals surface area contributed by atoms with E-state index in [1.165, 1.54) is 11.3 Å². The molecule has 1 fully saturated rings. The SMILES string of the molecule is CCNC(=O)c1cc2c(-c3cc(OCCN4CCOCC4)c(Cl)cc3Cl)nc(N)nc2s1. The Labute approximate surface area is 199 Å². The average molecular weight is 496 g/mol. The van der Waals surface area contributed by atoms with Crippen LogP contribution >= 0.6 is 34.5 Å². The van der Waals surface area contributed by atoms with Gasteiger partial charge in [-0.25, -0.2) is 9.97 Å². The molecule has 0 unspecified atom stereocenters. The van der Waals surface area contributed by atoms with Gasteiger partial charge in [-0.3, -0.25) is 9.69 Å². The summed E-state index contributed by atoms with van der Waals surface area (Å²) in [6, 6.07) is 5.14. The Bertz CT molecular complexity index is 1130. The molecule has 4 rings (SSSR count). The molecule has 11 heteroatoms. The van der Waals surface area contributed by atoms with E-state index >= 15 is 0 Å². The molecule has 0 aliphatic carbocycles. The summed E-state index contributed by atoms with van der Waals surface area (Å²) in [7, 11) is 0. The van der Waals surface area contributed by atoms with Gasteiger partial charge in [0.2, 0.25) is 5.95 Å². The number of nitrogens with one attached hydrogen (secondary N) is 1. The van der Waals surface area contributed by atoms with Crippen LogP contribution in [0, 0.1) is 0 Å². The van der Waals surface area contributed by atoms with Gasteiger partial charge < -0.3 is 20.5 Å². The van der Waals surface area contributed by atoms with E-state index in [0.29, 0.717) is 55.3 Å². The van der Waals surface area contributed by atoms with Crippen LogP contribution in [0.5, 0.6) is 5.75 Å². The Balaban J connectivity index is 1.64. The summed E-state index contributed by atoms with van der Waals surface area (Å²) in [5.74, 6) is 0.427. The van der Waals surface area contributed by atoms with Crippen LogP contribution in [-0.4, -0.2) is 66.8 Å². The highest BCUT2D eigenvalue weighted by Crippen LogP contribution is 2.40. The third-order valence-corrected chi connectivity index (χ3v) is 6.65. The molecule has 3 aromatic rings. The molecule has 0 atom stereocenters. The molecule has 1 amide bonds. The Morgan fingerprint density at radius 3 is 2.78 bits per heavy atom. The zero-order valence-corrected chi connectivity index (χ0v) is 19.8. The second kappa shape index (κ2) is 10.2. The van der Waals surface area contributed by atoms with Gasteiger partial charge in [0, 0.05) is 37.1 Å². The monoisotopic (exact) mass is 495 g/mol. The highest BCUT2D eigenvalue weighted by Gasteiger charge is 2.19. The summed E-state index contributed by atoms with van der Waals surface area (Å²) in [6.07, 6.45) is 0. The van der Waals surface area contributed by atoms with Crippen LogP contribution in [0.25, 0.3) is 21.5 Å². The zero-order valence-electron chi connectivity index (χ0n) is 17.5. The van der Waals surface area contributed by atoms with Gasteiger partial charge in [-0.1, -0.05) is 23.2 Å². The number of nitrogens with two attached hydrogens (primary N) is 1. The number of fused-ring (bicyclic) bond motifs is 1. The zero-order chi connectivity index (χ0) is 22.7. The fourth-order valence-electron chi connectivity index (χ4n) is 3.43. The summed E-state index contributed by atoms with van der Waals surface area (Å²) < 4.78 is 11.3. The molecule has 0 spiro atoms. The van der Waals surface area contributed by atoms with E-state index in [2.05, 4.69) is 20.2 Å². The lowest BCUT2D eigenvalue weighted by atomic mass is 10.1. The van der Waals surface area contributed by atoms with Gasteiger partial charge in [0.25, 0.3) is 5.91 Å². The quantitative estimate of drug-likeness (QED) is 0.514. The first-order chi connectivity index (χ1) is 15.5. The molecule has 1 aliphatic heterocycles. The van der Waals surface area contributed by atoms with Crippen molar-refractivity contribution in [2.75, 3.05) is 51.7 Å². The molecule has 1 aromatic carbocycles. The van der Waals surface area contributed by atoms with Crippen molar-refractivity contribution in [1.82, 2.24) is 20.2 Å². The number of hydrogen-bond donors (Lipinski definition) is 2. The van der Waals surface area contributed by atoms with Crippen LogP contribution in [0.2, 0.25) is 10.0 Å². The van der Waals surface area contributed by atoms with Crippen molar-refractivity contribution in [3.05, 3.63) is 33.1 Å². The van der Waals surface area contributed by atoms with Gasteiger partial charge in [0.05, 0.1) is 33.8 Å². The van der Waals surface area contributed by atoms with E-state index in [0.717, 1.165) is 32.8 Å². The fourth-order valence-corrected chi connectivity index (χ4v) is 4.92. The summed E-state index contributed by atoms with van der Waals surface area (Å²) in [5, 5.41) is 4.29. The minimum absolute atomic E-state index is 0.0950. The number of anilines is 1. The number of hydrogen-bond acceptors (Lipinski definition) is 8. The van der Waals surface area contributed by atoms with Crippen molar-refractivity contribution >= 4 is 56.6 Å². The molecule has 2 aromatic heterocycles. The first-order valence-corrected chi connectivity index (χ1v) is 11.8. The fraction of sp³-hybridized carbons (Fsp3) is 0.381. The third-order valence-electron chi connectivity index (χ3n) is 5.02. The van der Waals surface area contributed by atoms with Crippen LogP contribution in [-0.2, 0) is 4.74 Å². The lowest BCUT2D eigenvalue weighted by Crippen LogP contribution is -2.38. The molecule has 32 heavy (non-hydrogen) atoms. The molecule has 3 N–H and O–H groups in total. The van der Waals surface area contributed by atoms with Gasteiger partial charge in [-0.15, -0.1) is 11.3 Å². The molecular formula is C21H23Cl2N5O3S. The van der Waals surface area contributed by atoms with Gasteiger partial charge in [-0.05, 0) is 25.1 Å². The summed E-state index contributed by atoms with van der Waals surface area (Å²) >= 11 is 14.2. The van der Waals surface area contributed by atoms with E-state index in [4.69, 9.17) is 38.4 Å². The van der Waals surface area contributed by atoms with Crippen LogP contribution in [0.15, 0.2) is 18.2 Å². The van der Waals surface area contributed by atoms with Crippen LogP contribution < -0.4 is 15.8 Å². The molecule has 0 radical (unpaired) electrons. The standard InChI is InChI=1S/C21H23Cl2N5O3S/c1-2-25-19(29)17-10-13-18(26-21(24)27-20(13)32-17)12-9-16(15(23)11-14(12)22)31-8-5-28-3-6-30-7-4-28/h9-11H,2-8H2,1H3,(H,25,29)(H2,24,26,27). The molecule has 8 nitrogen and oxygen atoms in total. The Morgan fingerprint density at radius 1 is 1.25 bits per heavy atom. The lowest BCUT2D eigenvalue weighted by molar-refractivity contribution is 0.0322. The number of carbonyl (C=O) groups excluding carboxylic acids is 1. The molecule has 1 aliphatic rings. The number of ether oxygens (including phenoxy) is 2. The van der Waals surface area contributed by atoms with Crippen LogP contribution in [0.4, 0.5) is 5.95 Å². The largest absolute Gasteiger partial charge is 0.491 e. The number of morpholine rings is 1. The van der Waals surface area contributed by atoms with Crippen molar-refractivity contribution in [3.63, 3.8) is 0 Å². The Kier molecular flexibility index (Phi) is 7.32. The highest BCUT2D eigenvalue weighted by atomic mass is 35.5. The number of thiophene rings is 1. The average Bonchev–Trinajstić information content (AvgIpc) is 3.20. The normalized spacial score (nSPS) is 14.6. The summed E-state index contributed by atoms with van der Waals surface area (Å²) in [5.41, 5.74) is 7.09. The van der Waals surface area contributed by atoms with E-state index in [9.17, 15) is 4.79 Å².